The Morgan fingerprint density at radius 3 is 2.76 bits per heavy atom. The molecule has 0 aliphatic carbocycles. The molecule has 1 radical (unpaired) electrons. The van der Waals surface area contributed by atoms with Crippen LogP contribution in [0.4, 0.5) is 5.69 Å². The summed E-state index contributed by atoms with van der Waals surface area (Å²) in [7, 11) is 3.33. The third-order valence-electron chi connectivity index (χ3n) is 2.05. The van der Waals surface area contributed by atoms with E-state index in [0.717, 1.165) is 5.69 Å². The number of allylic oxidation sites excluding steroid dienone is 1. The van der Waals surface area contributed by atoms with Crippen LogP contribution >= 0.6 is 0 Å². The number of hydrogen-bond donors (Lipinski definition) is 1. The maximum absolute atomic E-state index is 10.4. The zero-order valence-electron chi connectivity index (χ0n) is 9.65. The third-order valence-corrected chi connectivity index (χ3v) is 2.05. The molecule has 0 aliphatic heterocycles. The number of benzene rings is 1. The first kappa shape index (κ1) is 15.8. The van der Waals surface area contributed by atoms with Crippen molar-refractivity contribution >= 4 is 18.0 Å². The molecule has 0 aliphatic rings. The van der Waals surface area contributed by atoms with Gasteiger partial charge in [-0.05, 0) is 11.6 Å². The van der Waals surface area contributed by atoms with Gasteiger partial charge in [-0.2, -0.15) is 0 Å². The monoisotopic (exact) mass is 304 g/mol. The molecule has 0 saturated carbocycles. The SMILES string of the molecule is CNc1ccc(/C=C(/C#N)[C-]=O)c(OC)c1.[Y]. The molecule has 0 amide bonds. The molecule has 0 fully saturated rings. The van der Waals surface area contributed by atoms with Crippen LogP contribution in [0, 0.1) is 11.3 Å². The molecule has 17 heavy (non-hydrogen) atoms. The summed E-state index contributed by atoms with van der Waals surface area (Å²) in [6.07, 6.45) is 2.99. The van der Waals surface area contributed by atoms with Crippen LogP contribution in [0.5, 0.6) is 5.75 Å². The summed E-state index contributed by atoms with van der Waals surface area (Å²) in [6.45, 7) is 0. The van der Waals surface area contributed by atoms with E-state index in [1.165, 1.54) is 13.2 Å². The molecule has 0 unspecified atom stereocenters. The van der Waals surface area contributed by atoms with Gasteiger partial charge in [0.1, 0.15) is 5.75 Å². The zero-order chi connectivity index (χ0) is 12.0. The second kappa shape index (κ2) is 7.99. The largest absolute Gasteiger partial charge is 0.497 e. The van der Waals surface area contributed by atoms with Crippen LogP contribution in [0.1, 0.15) is 5.56 Å². The van der Waals surface area contributed by atoms with Crippen LogP contribution in [-0.2, 0) is 37.5 Å². The smallest absolute Gasteiger partial charge is 0.116 e. The number of nitriles is 1. The van der Waals surface area contributed by atoms with E-state index in [9.17, 15) is 4.79 Å². The van der Waals surface area contributed by atoms with E-state index < -0.39 is 0 Å². The summed E-state index contributed by atoms with van der Waals surface area (Å²) < 4.78 is 5.15. The Balaban J connectivity index is 0.00000256. The summed E-state index contributed by atoms with van der Waals surface area (Å²) >= 11 is 0. The van der Waals surface area contributed by atoms with E-state index in [-0.39, 0.29) is 38.3 Å². The molecule has 1 aromatic rings. The molecule has 0 saturated heterocycles. The van der Waals surface area contributed by atoms with Crippen LogP contribution < -0.4 is 10.1 Å². The van der Waals surface area contributed by atoms with Crippen LogP contribution in [-0.4, -0.2) is 20.4 Å². The predicted molar refractivity (Wildman–Crippen MR) is 61.8 cm³/mol. The van der Waals surface area contributed by atoms with Crippen LogP contribution in [0.25, 0.3) is 6.08 Å². The van der Waals surface area contributed by atoms with Crippen LogP contribution in [0.3, 0.4) is 0 Å². The molecule has 1 aromatic carbocycles. The summed E-state index contributed by atoms with van der Waals surface area (Å²) in [5.41, 5.74) is 1.50. The van der Waals surface area contributed by atoms with E-state index >= 15 is 0 Å². The van der Waals surface area contributed by atoms with Gasteiger partial charge in [0.25, 0.3) is 0 Å². The van der Waals surface area contributed by atoms with Gasteiger partial charge in [-0.3, -0.25) is 5.26 Å². The number of ether oxygens (including phenoxy) is 1. The van der Waals surface area contributed by atoms with Crippen molar-refractivity contribution in [2.45, 2.75) is 0 Å². The molecule has 0 atom stereocenters. The summed E-state index contributed by atoms with van der Waals surface area (Å²) in [5.74, 6) is 0.592. The van der Waals surface area contributed by atoms with Crippen LogP contribution in [0.15, 0.2) is 23.8 Å². The Labute approximate surface area is 126 Å². The average molecular weight is 304 g/mol. The Morgan fingerprint density at radius 2 is 2.29 bits per heavy atom. The number of rotatable bonds is 4. The minimum Gasteiger partial charge on any atom is -0.497 e. The Kier molecular flexibility index (Phi) is 7.44. The fourth-order valence-electron chi connectivity index (χ4n) is 1.23. The van der Waals surface area contributed by atoms with E-state index in [1.54, 1.807) is 31.5 Å². The van der Waals surface area contributed by atoms with E-state index in [2.05, 4.69) is 5.32 Å². The average Bonchev–Trinajstić information content (AvgIpc) is 2.35. The number of carbonyl (C=O) groups excluding carboxylic acids is 1. The topological polar surface area (TPSA) is 62.1 Å². The fraction of sp³-hybridized carbons (Fsp3) is 0.167. The van der Waals surface area contributed by atoms with Gasteiger partial charge in [-0.25, -0.2) is 0 Å². The quantitative estimate of drug-likeness (QED) is 0.523. The third kappa shape index (κ3) is 4.30. The van der Waals surface area contributed by atoms with Crippen molar-refractivity contribution in [1.82, 2.24) is 0 Å². The Morgan fingerprint density at radius 1 is 1.59 bits per heavy atom. The van der Waals surface area contributed by atoms with Gasteiger partial charge >= 0.3 is 0 Å². The molecule has 5 heteroatoms. The number of methoxy groups -OCH3 is 1. The molecule has 1 rings (SSSR count). The molecule has 1 N–H and O–H groups in total. The zero-order valence-corrected chi connectivity index (χ0v) is 12.5. The minimum atomic E-state index is -0.0597. The second-order valence-electron chi connectivity index (χ2n) is 2.98. The standard InChI is InChI=1S/C12H11N2O2.Y/c1-14-11-4-3-10(12(6-11)16-2)5-9(7-13)8-15;/h3-6,14H,1-2H3;/q-1;/b9-5-;. The van der Waals surface area contributed by atoms with Crippen molar-refractivity contribution in [3.8, 4) is 11.8 Å². The van der Waals surface area contributed by atoms with Gasteiger partial charge in [-0.15, -0.1) is 6.08 Å². The van der Waals surface area contributed by atoms with Crippen molar-refractivity contribution in [2.75, 3.05) is 19.5 Å². The number of nitrogens with zero attached hydrogens (tertiary/aromatic N) is 1. The molecule has 0 spiro atoms. The molecule has 0 bridgehead atoms. The molecular formula is C12H11N2O2Y-. The first-order chi connectivity index (χ1) is 7.74. The number of nitrogens with one attached hydrogen (secondary N) is 1. The number of anilines is 1. The first-order valence-electron chi connectivity index (χ1n) is 4.61. The maximum Gasteiger partial charge on any atom is 0.116 e. The van der Waals surface area contributed by atoms with Crippen molar-refractivity contribution in [3.05, 3.63) is 29.3 Å². The normalized spacial score (nSPS) is 9.82. The van der Waals surface area contributed by atoms with Gasteiger partial charge in [0.05, 0.1) is 13.4 Å². The van der Waals surface area contributed by atoms with E-state index in [1.807, 2.05) is 6.07 Å². The molecular weight excluding hydrogens is 293 g/mol. The summed E-state index contributed by atoms with van der Waals surface area (Å²) in [5, 5.41) is 11.6. The molecule has 0 aromatic heterocycles. The Bertz CT molecular complexity index is 464. The van der Waals surface area contributed by atoms with Gasteiger partial charge in [-0.1, -0.05) is 17.7 Å². The van der Waals surface area contributed by atoms with Gasteiger partial charge in [0.2, 0.25) is 0 Å². The van der Waals surface area contributed by atoms with Crippen molar-refractivity contribution in [2.24, 2.45) is 0 Å². The van der Waals surface area contributed by atoms with Gasteiger partial charge < -0.3 is 14.8 Å². The molecule has 0 heterocycles. The Hall–Kier alpha value is -1.18. The molecule has 4 nitrogen and oxygen atoms in total. The van der Waals surface area contributed by atoms with E-state index in [4.69, 9.17) is 10.00 Å². The van der Waals surface area contributed by atoms with Crippen molar-refractivity contribution < 1.29 is 42.2 Å². The van der Waals surface area contributed by atoms with Crippen molar-refractivity contribution in [3.63, 3.8) is 0 Å². The number of hydrogen-bond acceptors (Lipinski definition) is 4. The van der Waals surface area contributed by atoms with Crippen LogP contribution in [0.2, 0.25) is 0 Å². The second-order valence-corrected chi connectivity index (χ2v) is 2.98. The van der Waals surface area contributed by atoms with Crippen molar-refractivity contribution in [1.29, 1.82) is 5.26 Å². The fourth-order valence-corrected chi connectivity index (χ4v) is 1.23. The van der Waals surface area contributed by atoms with Gasteiger partial charge in [0.15, 0.2) is 0 Å². The first-order valence-corrected chi connectivity index (χ1v) is 4.61. The summed E-state index contributed by atoms with van der Waals surface area (Å²) in [6, 6.07) is 7.12. The van der Waals surface area contributed by atoms with E-state index in [0.29, 0.717) is 11.3 Å². The maximum atomic E-state index is 10.4. The summed E-state index contributed by atoms with van der Waals surface area (Å²) in [4.78, 5) is 10.4. The minimum absolute atomic E-state index is 0. The predicted octanol–water partition coefficient (Wildman–Crippen LogP) is 1.75. The molecule has 85 valence electrons. The van der Waals surface area contributed by atoms with Gasteiger partial charge in [0, 0.05) is 51.5 Å².